The number of likely N-dealkylation sites (N-methyl/N-ethyl adjacent to an activating group) is 1. The maximum Gasteiger partial charge on any atom is 0.318 e. The fourth-order valence-electron chi connectivity index (χ4n) is 3.01. The first-order valence-electron chi connectivity index (χ1n) is 8.87. The number of piperazine rings is 1. The highest BCUT2D eigenvalue weighted by Gasteiger charge is 2.17. The second-order valence-electron chi connectivity index (χ2n) is 6.82. The monoisotopic (exact) mass is 353 g/mol. The van der Waals surface area contributed by atoms with Crippen molar-refractivity contribution < 1.29 is 4.74 Å². The highest BCUT2D eigenvalue weighted by molar-refractivity contribution is 5.75. The van der Waals surface area contributed by atoms with Crippen LogP contribution in [0, 0.1) is 0 Å². The van der Waals surface area contributed by atoms with E-state index in [2.05, 4.69) is 43.0 Å². The van der Waals surface area contributed by atoms with Crippen LogP contribution >= 0.6 is 0 Å². The predicted octanol–water partition coefficient (Wildman–Crippen LogP) is 1.75. The Morgan fingerprint density at radius 2 is 1.88 bits per heavy atom. The maximum absolute atomic E-state index is 5.62. The summed E-state index contributed by atoms with van der Waals surface area (Å²) in [6, 6.07) is 4.36. The van der Waals surface area contributed by atoms with Gasteiger partial charge < -0.3 is 14.5 Å². The van der Waals surface area contributed by atoms with Gasteiger partial charge in [-0.05, 0) is 27.0 Å². The van der Waals surface area contributed by atoms with Crippen LogP contribution < -0.4 is 9.64 Å². The molecule has 0 aromatic carbocycles. The van der Waals surface area contributed by atoms with Gasteiger partial charge in [-0.3, -0.25) is 0 Å². The van der Waals surface area contributed by atoms with Crippen LogP contribution in [0.3, 0.4) is 0 Å². The molecule has 8 heteroatoms. The van der Waals surface area contributed by atoms with E-state index in [9.17, 15) is 0 Å². The predicted molar refractivity (Wildman–Crippen MR) is 99.9 cm³/mol. The Hall–Kier alpha value is -2.74. The molecule has 4 rings (SSSR count). The summed E-state index contributed by atoms with van der Waals surface area (Å²) in [6.45, 7) is 7.94. The van der Waals surface area contributed by atoms with Crippen LogP contribution in [-0.4, -0.2) is 69.0 Å². The fourth-order valence-corrected chi connectivity index (χ4v) is 3.01. The van der Waals surface area contributed by atoms with Crippen molar-refractivity contribution in [1.29, 1.82) is 0 Å². The average molecular weight is 353 g/mol. The summed E-state index contributed by atoms with van der Waals surface area (Å²) in [4.78, 5) is 17.9. The number of pyridine rings is 1. The second kappa shape index (κ2) is 6.87. The zero-order valence-electron chi connectivity index (χ0n) is 15.3. The quantitative estimate of drug-likeness (QED) is 0.707. The van der Waals surface area contributed by atoms with Gasteiger partial charge in [0.2, 0.25) is 0 Å². The van der Waals surface area contributed by atoms with Gasteiger partial charge in [0.05, 0.1) is 23.4 Å². The number of aromatic nitrogens is 5. The molecular weight excluding hydrogens is 330 g/mol. The molecule has 0 aliphatic carbocycles. The zero-order valence-corrected chi connectivity index (χ0v) is 15.3. The molecule has 1 saturated heterocycles. The smallest absolute Gasteiger partial charge is 0.318 e. The lowest BCUT2D eigenvalue weighted by atomic mass is 10.3. The summed E-state index contributed by atoms with van der Waals surface area (Å²) >= 11 is 0. The first-order valence-corrected chi connectivity index (χ1v) is 8.87. The average Bonchev–Trinajstić information content (AvgIpc) is 3.05. The molecule has 3 aromatic rings. The first-order chi connectivity index (χ1) is 12.6. The lowest BCUT2D eigenvalue weighted by Crippen LogP contribution is -2.44. The molecule has 0 bridgehead atoms. The van der Waals surface area contributed by atoms with E-state index in [1.165, 1.54) is 0 Å². The molecule has 1 aliphatic heterocycles. The van der Waals surface area contributed by atoms with Crippen LogP contribution in [0.4, 0.5) is 5.82 Å². The third-order valence-electron chi connectivity index (χ3n) is 4.43. The first kappa shape index (κ1) is 16.7. The number of ether oxygens (including phenoxy) is 1. The Bertz CT molecular complexity index is 899. The van der Waals surface area contributed by atoms with E-state index in [0.29, 0.717) is 6.01 Å². The zero-order chi connectivity index (χ0) is 18.1. The van der Waals surface area contributed by atoms with E-state index >= 15 is 0 Å². The Kier molecular flexibility index (Phi) is 4.42. The van der Waals surface area contributed by atoms with Gasteiger partial charge in [-0.2, -0.15) is 10.1 Å². The Morgan fingerprint density at radius 1 is 1.08 bits per heavy atom. The Balaban J connectivity index is 1.68. The van der Waals surface area contributed by atoms with Gasteiger partial charge in [-0.15, -0.1) is 0 Å². The molecule has 26 heavy (non-hydrogen) atoms. The van der Waals surface area contributed by atoms with Crippen LogP contribution in [-0.2, 0) is 0 Å². The molecule has 0 amide bonds. The van der Waals surface area contributed by atoms with Crippen LogP contribution in [0.5, 0.6) is 6.01 Å². The van der Waals surface area contributed by atoms with E-state index in [4.69, 9.17) is 4.74 Å². The van der Waals surface area contributed by atoms with E-state index in [1.54, 1.807) is 12.4 Å². The number of fused-ring (bicyclic) bond motifs is 1. The summed E-state index contributed by atoms with van der Waals surface area (Å²) in [6.07, 6.45) is 5.35. The number of hydrogen-bond donors (Lipinski definition) is 0. The summed E-state index contributed by atoms with van der Waals surface area (Å²) in [5.74, 6) is 0.965. The van der Waals surface area contributed by atoms with Crippen LogP contribution in [0.15, 0.2) is 30.7 Å². The van der Waals surface area contributed by atoms with Crippen molar-refractivity contribution in [2.24, 2.45) is 0 Å². The lowest BCUT2D eigenvalue weighted by molar-refractivity contribution is 0.223. The number of hydrogen-bond acceptors (Lipinski definition) is 7. The van der Waals surface area contributed by atoms with Crippen molar-refractivity contribution in [2.45, 2.75) is 20.0 Å². The molecule has 0 radical (unpaired) electrons. The summed E-state index contributed by atoms with van der Waals surface area (Å²) in [5.41, 5.74) is 1.66. The molecular formula is C18H23N7O. The Labute approximate surface area is 152 Å². The SMILES string of the molecule is CC(C)Oc1ncc2cnn(-c3ccnc(N4CCN(C)CC4)c3)c2n1. The fraction of sp³-hybridized carbons (Fsp3) is 0.444. The summed E-state index contributed by atoms with van der Waals surface area (Å²) in [5, 5.41) is 5.36. The number of anilines is 1. The molecule has 0 saturated carbocycles. The van der Waals surface area contributed by atoms with Gasteiger partial charge in [0.15, 0.2) is 5.65 Å². The molecule has 0 atom stereocenters. The minimum Gasteiger partial charge on any atom is -0.461 e. The van der Waals surface area contributed by atoms with Crippen molar-refractivity contribution >= 4 is 16.9 Å². The van der Waals surface area contributed by atoms with E-state index in [0.717, 1.165) is 48.7 Å². The third kappa shape index (κ3) is 3.32. The van der Waals surface area contributed by atoms with Gasteiger partial charge >= 0.3 is 6.01 Å². The minimum absolute atomic E-state index is 0.0218. The van der Waals surface area contributed by atoms with Crippen molar-refractivity contribution in [1.82, 2.24) is 29.6 Å². The van der Waals surface area contributed by atoms with E-state index < -0.39 is 0 Å². The molecule has 3 aromatic heterocycles. The maximum atomic E-state index is 5.62. The molecule has 1 fully saturated rings. The van der Waals surface area contributed by atoms with Gasteiger partial charge in [-0.25, -0.2) is 14.6 Å². The molecule has 4 heterocycles. The standard InChI is InChI=1S/C18H23N7O/c1-13(2)26-18-20-11-14-12-21-25(17(14)22-18)15-4-5-19-16(10-15)24-8-6-23(3)7-9-24/h4-5,10-13H,6-9H2,1-3H3. The number of rotatable bonds is 4. The minimum atomic E-state index is 0.0218. The van der Waals surface area contributed by atoms with E-state index in [1.807, 2.05) is 30.8 Å². The Morgan fingerprint density at radius 3 is 2.65 bits per heavy atom. The third-order valence-corrected chi connectivity index (χ3v) is 4.43. The topological polar surface area (TPSA) is 72.2 Å². The van der Waals surface area contributed by atoms with Crippen LogP contribution in [0.25, 0.3) is 16.7 Å². The van der Waals surface area contributed by atoms with Crippen molar-refractivity contribution in [3.8, 4) is 11.7 Å². The second-order valence-corrected chi connectivity index (χ2v) is 6.82. The summed E-state index contributed by atoms with van der Waals surface area (Å²) in [7, 11) is 2.15. The number of nitrogens with zero attached hydrogens (tertiary/aromatic N) is 7. The van der Waals surface area contributed by atoms with Crippen molar-refractivity contribution in [3.05, 3.63) is 30.7 Å². The van der Waals surface area contributed by atoms with Gasteiger partial charge in [0.1, 0.15) is 5.82 Å². The molecule has 0 spiro atoms. The molecule has 8 nitrogen and oxygen atoms in total. The van der Waals surface area contributed by atoms with Crippen molar-refractivity contribution in [2.75, 3.05) is 38.1 Å². The van der Waals surface area contributed by atoms with Crippen LogP contribution in [0.1, 0.15) is 13.8 Å². The highest BCUT2D eigenvalue weighted by Crippen LogP contribution is 2.21. The lowest BCUT2D eigenvalue weighted by Gasteiger charge is -2.33. The molecule has 0 N–H and O–H groups in total. The summed E-state index contributed by atoms with van der Waals surface area (Å²) < 4.78 is 7.43. The normalized spacial score (nSPS) is 15.8. The van der Waals surface area contributed by atoms with Gasteiger partial charge in [0.25, 0.3) is 0 Å². The van der Waals surface area contributed by atoms with Crippen LogP contribution in [0.2, 0.25) is 0 Å². The molecule has 0 unspecified atom stereocenters. The largest absolute Gasteiger partial charge is 0.461 e. The highest BCUT2D eigenvalue weighted by atomic mass is 16.5. The van der Waals surface area contributed by atoms with Gasteiger partial charge in [0, 0.05) is 44.6 Å². The van der Waals surface area contributed by atoms with Crippen molar-refractivity contribution in [3.63, 3.8) is 0 Å². The van der Waals surface area contributed by atoms with Gasteiger partial charge in [-0.1, -0.05) is 0 Å². The molecule has 1 aliphatic rings. The molecule has 136 valence electrons. The van der Waals surface area contributed by atoms with E-state index in [-0.39, 0.29) is 6.10 Å².